The summed E-state index contributed by atoms with van der Waals surface area (Å²) in [4.78, 5) is 35.5. The van der Waals surface area contributed by atoms with Crippen molar-refractivity contribution >= 4 is 46.1 Å². The van der Waals surface area contributed by atoms with Gasteiger partial charge in [-0.15, -0.1) is 10.2 Å². The van der Waals surface area contributed by atoms with Gasteiger partial charge in [0, 0.05) is 44.4 Å². The topological polar surface area (TPSA) is 172 Å². The van der Waals surface area contributed by atoms with Gasteiger partial charge >= 0.3 is 0 Å². The molecular weight excluding hydrogens is 584 g/mol. The summed E-state index contributed by atoms with van der Waals surface area (Å²) in [5, 5.41) is 21.9. The summed E-state index contributed by atoms with van der Waals surface area (Å²) in [6.07, 6.45) is 10.2. The fraction of sp³-hybridized carbons (Fsp3) is 0.333. The summed E-state index contributed by atoms with van der Waals surface area (Å²) < 4.78 is 5.95. The Hall–Kier alpha value is -5.46. The molecule has 2 saturated carbocycles. The quantitative estimate of drug-likeness (QED) is 0.212. The van der Waals surface area contributed by atoms with Crippen molar-refractivity contribution in [3.8, 4) is 5.75 Å². The van der Waals surface area contributed by atoms with Gasteiger partial charge in [-0.1, -0.05) is 18.2 Å². The van der Waals surface area contributed by atoms with Crippen LogP contribution in [-0.4, -0.2) is 64.6 Å². The van der Waals surface area contributed by atoms with Crippen LogP contribution in [0.25, 0.3) is 11.3 Å². The van der Waals surface area contributed by atoms with Crippen molar-refractivity contribution in [3.05, 3.63) is 77.0 Å². The van der Waals surface area contributed by atoms with Crippen LogP contribution in [0.15, 0.2) is 60.0 Å². The van der Waals surface area contributed by atoms with E-state index in [1.54, 1.807) is 32.5 Å². The van der Waals surface area contributed by atoms with Crippen LogP contribution in [0.3, 0.4) is 0 Å². The monoisotopic (exact) mass is 622 g/mol. The highest BCUT2D eigenvalue weighted by atomic mass is 16.5. The minimum absolute atomic E-state index is 0.0364. The lowest BCUT2D eigenvalue weighted by atomic mass is 9.89. The fourth-order valence-corrected chi connectivity index (χ4v) is 5.43. The summed E-state index contributed by atoms with van der Waals surface area (Å²) in [5.74, 6) is 1.66. The lowest BCUT2D eigenvalue weighted by Gasteiger charge is -2.24. The number of nitrogens with two attached hydrogens (primary N) is 1. The number of ether oxygens (including phenoxy) is 1. The second-order valence-corrected chi connectivity index (χ2v) is 11.5. The van der Waals surface area contributed by atoms with Crippen molar-refractivity contribution in [2.24, 2.45) is 5.92 Å². The normalized spacial score (nSPS) is 15.4. The standard InChI is InChI=1S/C33H38N10O3/c1-35-29(19-6-4-7-19)30-25(16-27(41-42-30)40-32(44)20-10-11-20)38-23-9-5-8-22(31(23)46-3)21-12-13-24(37-17-21)33(45)43(2)18-28-36-15-14-26(34)39-28/h5,8-9,12-16,20,35,37H,4,6-7,10-11,17-18H2,1-3H3,(H2,34,36,39)(H2,38,40,41,44). The number of aromatic nitrogens is 4. The maximum Gasteiger partial charge on any atom is 0.270 e. The molecule has 0 spiro atoms. The molecule has 0 radical (unpaired) electrons. The Labute approximate surface area is 267 Å². The number of allylic oxidation sites excluding steroid dienone is 3. The van der Waals surface area contributed by atoms with Crippen LogP contribution in [0.4, 0.5) is 23.0 Å². The first-order valence-corrected chi connectivity index (χ1v) is 15.3. The Morgan fingerprint density at radius 3 is 2.61 bits per heavy atom. The van der Waals surface area contributed by atoms with E-state index in [2.05, 4.69) is 41.4 Å². The molecule has 6 rings (SSSR count). The minimum atomic E-state index is -0.188. The molecule has 2 aromatic heterocycles. The summed E-state index contributed by atoms with van der Waals surface area (Å²) >= 11 is 0. The molecule has 0 unspecified atom stereocenters. The van der Waals surface area contributed by atoms with Gasteiger partial charge in [-0.25, -0.2) is 9.97 Å². The number of nitrogens with zero attached hydrogens (tertiary/aromatic N) is 5. The number of nitrogens with one attached hydrogen (secondary N) is 4. The number of rotatable bonds is 11. The van der Waals surface area contributed by atoms with Gasteiger partial charge in [-0.2, -0.15) is 0 Å². The maximum absolute atomic E-state index is 13.1. The highest BCUT2D eigenvalue weighted by molar-refractivity contribution is 5.95. The summed E-state index contributed by atoms with van der Waals surface area (Å²) in [7, 11) is 5.20. The third-order valence-corrected chi connectivity index (χ3v) is 8.23. The third kappa shape index (κ3) is 6.63. The number of para-hydroxylation sites is 1. The van der Waals surface area contributed by atoms with Gasteiger partial charge in [0.2, 0.25) is 5.91 Å². The Balaban J connectivity index is 1.26. The first-order chi connectivity index (χ1) is 22.3. The van der Waals surface area contributed by atoms with Crippen molar-refractivity contribution in [2.45, 2.75) is 38.6 Å². The number of anilines is 4. The molecule has 2 fully saturated rings. The molecule has 1 aromatic carbocycles. The van der Waals surface area contributed by atoms with Crippen LogP contribution in [0.5, 0.6) is 5.75 Å². The number of carbonyl (C=O) groups is 2. The van der Waals surface area contributed by atoms with Crippen LogP contribution in [-0.2, 0) is 16.1 Å². The van der Waals surface area contributed by atoms with Crippen LogP contribution >= 0.6 is 0 Å². The molecule has 0 bridgehead atoms. The first-order valence-electron chi connectivity index (χ1n) is 15.3. The number of nitrogen functional groups attached to an aromatic ring is 1. The van der Waals surface area contributed by atoms with E-state index in [-0.39, 0.29) is 24.3 Å². The van der Waals surface area contributed by atoms with Crippen LogP contribution in [0, 0.1) is 5.92 Å². The van der Waals surface area contributed by atoms with Gasteiger partial charge in [-0.3, -0.25) is 9.59 Å². The number of hydrogen-bond donors (Lipinski definition) is 5. The van der Waals surface area contributed by atoms with Crippen LogP contribution < -0.4 is 31.7 Å². The van der Waals surface area contributed by atoms with Crippen molar-refractivity contribution in [1.29, 1.82) is 0 Å². The predicted molar refractivity (Wildman–Crippen MR) is 176 cm³/mol. The van der Waals surface area contributed by atoms with E-state index < -0.39 is 0 Å². The van der Waals surface area contributed by atoms with E-state index in [4.69, 9.17) is 10.5 Å². The van der Waals surface area contributed by atoms with Gasteiger partial charge in [0.25, 0.3) is 5.91 Å². The predicted octanol–water partition coefficient (Wildman–Crippen LogP) is 3.59. The number of likely N-dealkylation sites (N-methyl/N-ethyl adjacent to an activating group) is 1. The van der Waals surface area contributed by atoms with Gasteiger partial charge in [-0.05, 0) is 61.5 Å². The second-order valence-electron chi connectivity index (χ2n) is 11.5. The zero-order valence-electron chi connectivity index (χ0n) is 26.2. The molecule has 238 valence electrons. The molecule has 13 nitrogen and oxygen atoms in total. The van der Waals surface area contributed by atoms with E-state index >= 15 is 0 Å². The van der Waals surface area contributed by atoms with Crippen LogP contribution in [0.2, 0.25) is 0 Å². The van der Waals surface area contributed by atoms with Crippen molar-refractivity contribution in [1.82, 2.24) is 35.7 Å². The third-order valence-electron chi connectivity index (χ3n) is 8.23. The molecule has 3 aromatic rings. The van der Waals surface area contributed by atoms with Gasteiger partial charge in [0.1, 0.15) is 28.8 Å². The van der Waals surface area contributed by atoms with E-state index in [1.165, 1.54) is 10.5 Å². The maximum atomic E-state index is 13.1. The molecule has 0 saturated heterocycles. The lowest BCUT2D eigenvalue weighted by Crippen LogP contribution is -2.35. The summed E-state index contributed by atoms with van der Waals surface area (Å²) in [6, 6.07) is 9.27. The Morgan fingerprint density at radius 2 is 1.96 bits per heavy atom. The zero-order valence-corrected chi connectivity index (χ0v) is 26.2. The van der Waals surface area contributed by atoms with E-state index in [1.807, 2.05) is 37.4 Å². The fourth-order valence-electron chi connectivity index (χ4n) is 5.43. The molecule has 2 aliphatic carbocycles. The first kappa shape index (κ1) is 30.6. The average Bonchev–Trinajstić information content (AvgIpc) is 3.89. The number of methoxy groups -OCH3 is 1. The number of carbonyl (C=O) groups excluding carboxylic acids is 2. The SMILES string of the molecule is CNC(=C1CCC1)c1nnc(NC(=O)C2CC2)cc1Nc1cccc(C2=CC=C(C(=O)N(C)Cc3nccc(N)n3)NC2)c1OC. The number of benzene rings is 1. The van der Waals surface area contributed by atoms with E-state index in [0.29, 0.717) is 46.8 Å². The summed E-state index contributed by atoms with van der Waals surface area (Å²) in [6.45, 7) is 0.639. The molecular formula is C33H38N10O3. The molecule has 6 N–H and O–H groups in total. The molecule has 0 atom stereocenters. The number of dihydropyridines is 1. The number of amides is 2. The van der Waals surface area contributed by atoms with Crippen molar-refractivity contribution in [3.63, 3.8) is 0 Å². The molecule has 2 amide bonds. The van der Waals surface area contributed by atoms with E-state index in [0.717, 1.165) is 54.6 Å². The molecule has 3 heterocycles. The van der Waals surface area contributed by atoms with Gasteiger partial charge in [0.15, 0.2) is 5.82 Å². The van der Waals surface area contributed by atoms with Gasteiger partial charge in [0.05, 0.1) is 30.7 Å². The number of hydrogen-bond acceptors (Lipinski definition) is 11. The van der Waals surface area contributed by atoms with Crippen LogP contribution in [0.1, 0.15) is 49.2 Å². The van der Waals surface area contributed by atoms with E-state index in [9.17, 15) is 9.59 Å². The average molecular weight is 623 g/mol. The minimum Gasteiger partial charge on any atom is -0.494 e. The molecule has 46 heavy (non-hydrogen) atoms. The Kier molecular flexibility index (Phi) is 8.81. The molecule has 3 aliphatic rings. The largest absolute Gasteiger partial charge is 0.494 e. The Bertz CT molecular complexity index is 1760. The highest BCUT2D eigenvalue weighted by Gasteiger charge is 2.30. The second kappa shape index (κ2) is 13.3. The van der Waals surface area contributed by atoms with Gasteiger partial charge < -0.3 is 36.6 Å². The highest BCUT2D eigenvalue weighted by Crippen LogP contribution is 2.39. The van der Waals surface area contributed by atoms with Crippen molar-refractivity contribution < 1.29 is 14.3 Å². The smallest absolute Gasteiger partial charge is 0.270 e. The lowest BCUT2D eigenvalue weighted by molar-refractivity contribution is -0.126. The zero-order chi connectivity index (χ0) is 32.2. The summed E-state index contributed by atoms with van der Waals surface area (Å²) in [5.41, 5.74) is 12.3. The van der Waals surface area contributed by atoms with Crippen molar-refractivity contribution in [2.75, 3.05) is 44.1 Å². The molecule has 13 heteroatoms. The molecule has 1 aliphatic heterocycles. The Morgan fingerprint density at radius 1 is 1.13 bits per heavy atom.